The van der Waals surface area contributed by atoms with Crippen molar-refractivity contribution in [3.8, 4) is 0 Å². The molecule has 264 valence electrons. The summed E-state index contributed by atoms with van der Waals surface area (Å²) in [5.41, 5.74) is 0. The Hall–Kier alpha value is -1.39. The van der Waals surface area contributed by atoms with Crippen LogP contribution in [0.1, 0.15) is 200 Å². The Labute approximate surface area is 281 Å². The predicted molar refractivity (Wildman–Crippen MR) is 198 cm³/mol. The number of amides is 1. The van der Waals surface area contributed by atoms with Gasteiger partial charge in [-0.05, 0) is 51.4 Å². The van der Waals surface area contributed by atoms with Gasteiger partial charge < -0.3 is 15.5 Å². The summed E-state index contributed by atoms with van der Waals surface area (Å²) in [5.74, 6) is -0.0731. The quantitative estimate of drug-likeness (QED) is 0.0481. The first kappa shape index (κ1) is 43.6. The number of carbonyl (C=O) groups excluding carboxylic acids is 1. The number of hydrogen-bond acceptors (Lipinski definition) is 3. The maximum atomic E-state index is 12.3. The van der Waals surface area contributed by atoms with Crippen LogP contribution in [0.2, 0.25) is 0 Å². The lowest BCUT2D eigenvalue weighted by Crippen LogP contribution is -2.45. The second-order valence-electron chi connectivity index (χ2n) is 13.3. The molecule has 0 bridgehead atoms. The predicted octanol–water partition coefficient (Wildman–Crippen LogP) is 11.8. The fourth-order valence-corrected chi connectivity index (χ4v) is 5.80. The smallest absolute Gasteiger partial charge is 0.220 e. The van der Waals surface area contributed by atoms with E-state index in [0.29, 0.717) is 6.42 Å². The number of nitrogens with one attached hydrogen (secondary N) is 1. The Balaban J connectivity index is 3.62. The monoisotopic (exact) mass is 632 g/mol. The molecule has 0 heterocycles. The standard InChI is InChI=1S/C41H77NO3/c1-3-5-7-9-11-13-15-17-19-21-23-25-27-29-31-33-35-37-41(45)42-39(38-43)40(44)36-34-32-30-28-26-24-22-20-18-16-14-12-10-8-6-4-2/h11,13,17,19,34,36,39-40,43-44H,3-10,12,14-16,18,20-33,35,37-38H2,1-2H3,(H,42,45)/b13-11-,19-17-,36-34+. The van der Waals surface area contributed by atoms with Crippen LogP contribution in [0.3, 0.4) is 0 Å². The maximum Gasteiger partial charge on any atom is 0.220 e. The molecule has 0 saturated heterocycles. The van der Waals surface area contributed by atoms with Crippen LogP contribution in [0.4, 0.5) is 0 Å². The van der Waals surface area contributed by atoms with Crippen LogP contribution in [-0.2, 0) is 4.79 Å². The maximum absolute atomic E-state index is 12.3. The minimum Gasteiger partial charge on any atom is -0.394 e. The fraction of sp³-hybridized carbons (Fsp3) is 0.829. The summed E-state index contributed by atoms with van der Waals surface area (Å²) in [4.78, 5) is 12.3. The van der Waals surface area contributed by atoms with Crippen molar-refractivity contribution in [3.05, 3.63) is 36.5 Å². The first-order valence-corrected chi connectivity index (χ1v) is 19.7. The summed E-state index contributed by atoms with van der Waals surface area (Å²) in [6.07, 6.45) is 48.0. The minimum atomic E-state index is -0.840. The Kier molecular flexibility index (Phi) is 35.9. The van der Waals surface area contributed by atoms with Gasteiger partial charge in [0.1, 0.15) is 0 Å². The summed E-state index contributed by atoms with van der Waals surface area (Å²) in [6.45, 7) is 4.27. The van der Waals surface area contributed by atoms with Gasteiger partial charge in [0.25, 0.3) is 0 Å². The molecule has 0 rings (SSSR count). The number of aliphatic hydroxyl groups is 2. The second kappa shape index (κ2) is 37.1. The molecule has 2 atom stereocenters. The van der Waals surface area contributed by atoms with Crippen molar-refractivity contribution in [1.29, 1.82) is 0 Å². The van der Waals surface area contributed by atoms with Gasteiger partial charge in [-0.25, -0.2) is 0 Å². The number of hydrogen-bond donors (Lipinski definition) is 3. The molecule has 3 N–H and O–H groups in total. The zero-order chi connectivity index (χ0) is 32.9. The number of unbranched alkanes of at least 4 members (excludes halogenated alkanes) is 24. The molecule has 1 amide bonds. The average Bonchev–Trinajstić information content (AvgIpc) is 3.04. The Morgan fingerprint density at radius 2 is 0.911 bits per heavy atom. The Morgan fingerprint density at radius 3 is 1.38 bits per heavy atom. The molecular formula is C41H77NO3. The summed E-state index contributed by atoms with van der Waals surface area (Å²) in [5, 5.41) is 22.9. The topological polar surface area (TPSA) is 69.6 Å². The van der Waals surface area contributed by atoms with Crippen LogP contribution in [0, 0.1) is 0 Å². The SMILES string of the molecule is CCCCC/C=C\C/C=C\CCCCCCCCCC(=O)NC(CO)C(O)/C=C/CCCCCCCCCCCCCCCC. The third-order valence-electron chi connectivity index (χ3n) is 8.87. The number of allylic oxidation sites excluding steroid dienone is 5. The van der Waals surface area contributed by atoms with Crippen molar-refractivity contribution in [3.63, 3.8) is 0 Å². The van der Waals surface area contributed by atoms with E-state index in [0.717, 1.165) is 32.1 Å². The van der Waals surface area contributed by atoms with Gasteiger partial charge in [-0.1, -0.05) is 179 Å². The summed E-state index contributed by atoms with van der Waals surface area (Å²) in [6, 6.07) is -0.624. The summed E-state index contributed by atoms with van der Waals surface area (Å²) in [7, 11) is 0. The number of carbonyl (C=O) groups is 1. The highest BCUT2D eigenvalue weighted by Crippen LogP contribution is 2.14. The van der Waals surface area contributed by atoms with Crippen molar-refractivity contribution in [2.24, 2.45) is 0 Å². The lowest BCUT2D eigenvalue weighted by molar-refractivity contribution is -0.123. The first-order valence-electron chi connectivity index (χ1n) is 19.7. The van der Waals surface area contributed by atoms with Gasteiger partial charge in [-0.2, -0.15) is 0 Å². The zero-order valence-electron chi connectivity index (χ0n) is 30.1. The van der Waals surface area contributed by atoms with E-state index < -0.39 is 12.1 Å². The normalized spacial score (nSPS) is 13.4. The molecule has 0 spiro atoms. The molecule has 45 heavy (non-hydrogen) atoms. The van der Waals surface area contributed by atoms with Crippen LogP contribution in [0.25, 0.3) is 0 Å². The molecule has 4 heteroatoms. The zero-order valence-corrected chi connectivity index (χ0v) is 30.1. The minimum absolute atomic E-state index is 0.0731. The highest BCUT2D eigenvalue weighted by atomic mass is 16.3. The lowest BCUT2D eigenvalue weighted by atomic mass is 10.0. The molecule has 0 aliphatic heterocycles. The van der Waals surface area contributed by atoms with Gasteiger partial charge in [-0.15, -0.1) is 0 Å². The molecule has 0 aliphatic rings. The van der Waals surface area contributed by atoms with Crippen molar-refractivity contribution in [2.45, 2.75) is 212 Å². The second-order valence-corrected chi connectivity index (χ2v) is 13.3. The Bertz CT molecular complexity index is 686. The van der Waals surface area contributed by atoms with Crippen molar-refractivity contribution in [1.82, 2.24) is 5.32 Å². The highest BCUT2D eigenvalue weighted by molar-refractivity contribution is 5.76. The van der Waals surface area contributed by atoms with Crippen molar-refractivity contribution >= 4 is 5.91 Å². The van der Waals surface area contributed by atoms with E-state index in [1.165, 1.54) is 148 Å². The van der Waals surface area contributed by atoms with E-state index >= 15 is 0 Å². The number of rotatable bonds is 35. The van der Waals surface area contributed by atoms with Gasteiger partial charge in [0.05, 0.1) is 18.8 Å². The van der Waals surface area contributed by atoms with E-state index in [2.05, 4.69) is 43.5 Å². The molecule has 0 aromatic rings. The Morgan fingerprint density at radius 1 is 0.533 bits per heavy atom. The van der Waals surface area contributed by atoms with Crippen LogP contribution in [0.15, 0.2) is 36.5 Å². The molecular weight excluding hydrogens is 554 g/mol. The molecule has 0 aliphatic carbocycles. The average molecular weight is 632 g/mol. The molecule has 2 unspecified atom stereocenters. The van der Waals surface area contributed by atoms with Crippen molar-refractivity contribution < 1.29 is 15.0 Å². The van der Waals surface area contributed by atoms with Gasteiger partial charge in [0.2, 0.25) is 5.91 Å². The van der Waals surface area contributed by atoms with E-state index in [9.17, 15) is 15.0 Å². The third kappa shape index (κ3) is 33.8. The molecule has 0 saturated carbocycles. The van der Waals surface area contributed by atoms with Gasteiger partial charge >= 0.3 is 0 Å². The van der Waals surface area contributed by atoms with Gasteiger partial charge in [-0.3, -0.25) is 4.79 Å². The first-order chi connectivity index (χ1) is 22.2. The number of aliphatic hydroxyl groups excluding tert-OH is 2. The van der Waals surface area contributed by atoms with E-state index in [-0.39, 0.29) is 12.5 Å². The molecule has 0 radical (unpaired) electrons. The lowest BCUT2D eigenvalue weighted by Gasteiger charge is -2.20. The fourth-order valence-electron chi connectivity index (χ4n) is 5.80. The van der Waals surface area contributed by atoms with Crippen molar-refractivity contribution in [2.75, 3.05) is 6.61 Å². The summed E-state index contributed by atoms with van der Waals surface area (Å²) < 4.78 is 0. The molecule has 4 nitrogen and oxygen atoms in total. The van der Waals surface area contributed by atoms with Gasteiger partial charge in [0.15, 0.2) is 0 Å². The molecule has 0 aromatic heterocycles. The van der Waals surface area contributed by atoms with Crippen LogP contribution in [0.5, 0.6) is 0 Å². The van der Waals surface area contributed by atoms with E-state index in [4.69, 9.17) is 0 Å². The summed E-state index contributed by atoms with van der Waals surface area (Å²) >= 11 is 0. The molecule has 0 aromatic carbocycles. The van der Waals surface area contributed by atoms with E-state index in [1.54, 1.807) is 6.08 Å². The van der Waals surface area contributed by atoms with Gasteiger partial charge in [0, 0.05) is 6.42 Å². The van der Waals surface area contributed by atoms with Crippen LogP contribution >= 0.6 is 0 Å². The van der Waals surface area contributed by atoms with E-state index in [1.807, 2.05) is 6.08 Å². The third-order valence-corrected chi connectivity index (χ3v) is 8.87. The highest BCUT2D eigenvalue weighted by Gasteiger charge is 2.17. The van der Waals surface area contributed by atoms with Crippen LogP contribution in [-0.4, -0.2) is 34.9 Å². The largest absolute Gasteiger partial charge is 0.394 e. The molecule has 0 fully saturated rings. The van der Waals surface area contributed by atoms with Crippen LogP contribution < -0.4 is 5.32 Å².